The Labute approximate surface area is 190 Å². The third-order valence-corrected chi connectivity index (χ3v) is 5.25. The van der Waals surface area contributed by atoms with Crippen molar-refractivity contribution < 1.29 is 47.1 Å². The number of aromatic nitrogens is 4. The number of nitrogens with two attached hydrogens (primary N) is 1. The van der Waals surface area contributed by atoms with Crippen molar-refractivity contribution in [2.75, 3.05) is 26.0 Å². The van der Waals surface area contributed by atoms with Crippen LogP contribution in [0.4, 0.5) is 5.82 Å². The van der Waals surface area contributed by atoms with Gasteiger partial charge in [-0.15, -0.1) is 0 Å². The van der Waals surface area contributed by atoms with Crippen LogP contribution in [0.3, 0.4) is 0 Å². The van der Waals surface area contributed by atoms with Crippen molar-refractivity contribution in [2.45, 2.75) is 40.3 Å². The van der Waals surface area contributed by atoms with Crippen LogP contribution in [0, 0.1) is 5.41 Å². The second-order valence-electron chi connectivity index (χ2n) is 7.67. The number of carbonyl (C=O) groups excluding carboxylic acids is 1. The largest absolute Gasteiger partial charge is 0.466 e. The van der Waals surface area contributed by atoms with Gasteiger partial charge in [-0.3, -0.25) is 13.9 Å². The quantitative estimate of drug-likeness (QED) is 0.211. The van der Waals surface area contributed by atoms with E-state index in [-0.39, 0.29) is 12.5 Å². The molecule has 2 rings (SSSR count). The average molecular weight is 513 g/mol. The number of hydrogen-bond donors (Lipinski definition) is 4. The normalized spacial score (nSPS) is 14.8. The fraction of sp³-hybridized carbons (Fsp3) is 0.625. The van der Waals surface area contributed by atoms with Crippen LogP contribution in [0.15, 0.2) is 12.7 Å². The molecule has 0 spiro atoms. The number of nitrogens with zero attached hydrogens (tertiary/aromatic N) is 4. The van der Waals surface area contributed by atoms with Gasteiger partial charge in [0.2, 0.25) is 6.79 Å². The van der Waals surface area contributed by atoms with Gasteiger partial charge in [0.25, 0.3) is 0 Å². The van der Waals surface area contributed by atoms with E-state index in [4.69, 9.17) is 43.5 Å². The molecule has 5 N–H and O–H groups in total. The summed E-state index contributed by atoms with van der Waals surface area (Å²) in [6, 6.07) is 0. The van der Waals surface area contributed by atoms with Crippen LogP contribution in [0.1, 0.15) is 27.7 Å². The number of hydrogen-bond acceptors (Lipinski definition) is 11. The molecule has 0 bridgehead atoms. The summed E-state index contributed by atoms with van der Waals surface area (Å²) in [4.78, 5) is 45.5. The van der Waals surface area contributed by atoms with Crippen molar-refractivity contribution in [1.82, 2.24) is 19.5 Å². The van der Waals surface area contributed by atoms with Crippen molar-refractivity contribution in [3.05, 3.63) is 12.7 Å². The zero-order chi connectivity index (χ0) is 25.4. The van der Waals surface area contributed by atoms with Gasteiger partial charge in [0, 0.05) is 7.11 Å². The lowest BCUT2D eigenvalue weighted by molar-refractivity contribution is -0.160. The van der Waals surface area contributed by atoms with E-state index in [1.807, 2.05) is 0 Å². The average Bonchev–Trinajstić information content (AvgIpc) is 3.08. The monoisotopic (exact) mass is 513 g/mol. The topological polar surface area (TPSA) is 218 Å². The first-order chi connectivity index (χ1) is 15.1. The van der Waals surface area contributed by atoms with Crippen LogP contribution < -0.4 is 5.73 Å². The third kappa shape index (κ3) is 10.7. The molecule has 0 saturated heterocycles. The van der Waals surface area contributed by atoms with Crippen molar-refractivity contribution in [3.63, 3.8) is 0 Å². The number of fused-ring (bicyclic) bond motifs is 1. The summed E-state index contributed by atoms with van der Waals surface area (Å²) in [5.41, 5.74) is 6.15. The number of rotatable bonds is 9. The fourth-order valence-electron chi connectivity index (χ4n) is 2.10. The molecule has 2 unspecified atom stereocenters. The van der Waals surface area contributed by atoms with Crippen molar-refractivity contribution in [1.29, 1.82) is 0 Å². The van der Waals surface area contributed by atoms with Gasteiger partial charge in [-0.2, -0.15) is 0 Å². The van der Waals surface area contributed by atoms with Crippen LogP contribution in [0.5, 0.6) is 0 Å². The molecule has 188 valence electrons. The number of nitrogen functional groups attached to an aromatic ring is 1. The van der Waals surface area contributed by atoms with E-state index in [0.717, 1.165) is 0 Å². The Morgan fingerprint density at radius 2 is 1.82 bits per heavy atom. The number of carbonyl (C=O) groups is 1. The highest BCUT2D eigenvalue weighted by molar-refractivity contribution is 7.53. The van der Waals surface area contributed by atoms with Gasteiger partial charge < -0.3 is 39.0 Å². The number of imidazole rings is 1. The zero-order valence-corrected chi connectivity index (χ0v) is 20.6. The predicted octanol–water partition coefficient (Wildman–Crippen LogP) is 1.25. The van der Waals surface area contributed by atoms with E-state index in [1.54, 1.807) is 38.6 Å². The summed E-state index contributed by atoms with van der Waals surface area (Å²) in [6.07, 6.45) is 2.26. The van der Waals surface area contributed by atoms with Gasteiger partial charge in [0.05, 0.1) is 24.4 Å². The molecule has 2 atom stereocenters. The molecule has 0 aromatic carbocycles. The van der Waals surface area contributed by atoms with Crippen LogP contribution in [0.2, 0.25) is 0 Å². The van der Waals surface area contributed by atoms with Crippen LogP contribution in [-0.2, 0) is 39.0 Å². The van der Waals surface area contributed by atoms with Crippen molar-refractivity contribution in [3.8, 4) is 0 Å². The molecule has 2 aromatic heterocycles. The maximum Gasteiger partial charge on any atom is 0.466 e. The number of esters is 1. The lowest BCUT2D eigenvalue weighted by atomic mass is 9.98. The molecule has 0 radical (unpaired) electrons. The van der Waals surface area contributed by atoms with Crippen molar-refractivity contribution >= 4 is 38.4 Å². The van der Waals surface area contributed by atoms with E-state index >= 15 is 0 Å². The summed E-state index contributed by atoms with van der Waals surface area (Å²) in [5, 5.41) is 0. The molecular formula is C16H29N5O10P2. The Morgan fingerprint density at radius 1 is 1.21 bits per heavy atom. The molecular weight excluding hydrogens is 484 g/mol. The molecule has 0 saturated carbocycles. The van der Waals surface area contributed by atoms with Gasteiger partial charge in [-0.25, -0.2) is 19.5 Å². The van der Waals surface area contributed by atoms with Gasteiger partial charge in [-0.05, 0) is 27.7 Å². The van der Waals surface area contributed by atoms with E-state index in [2.05, 4.69) is 15.0 Å². The standard InChI is InChI=1S/C16H26N5O6P.H3O4P/c1-11(6-21-8-20-12-13(17)18-7-19-14(12)21)26-10-28(23,24-5)27-9-25-15(22)16(2,3)4;1-5(2,3)4/h7-8,11H,6,9-10H2,1-5H3,(H2,17,18,19);(H3,1,2,3,4). The second-order valence-corrected chi connectivity index (χ2v) is 10.8. The van der Waals surface area contributed by atoms with Crippen molar-refractivity contribution in [2.24, 2.45) is 5.41 Å². The Kier molecular flexibility index (Phi) is 10.5. The molecule has 0 amide bonds. The van der Waals surface area contributed by atoms with Crippen LogP contribution >= 0.6 is 15.4 Å². The Hall–Kier alpha value is -1.96. The molecule has 0 fully saturated rings. The van der Waals surface area contributed by atoms with Gasteiger partial charge in [0.15, 0.2) is 11.5 Å². The minimum absolute atomic E-state index is 0.291. The van der Waals surface area contributed by atoms with E-state index in [0.29, 0.717) is 23.5 Å². The number of phosphoric acid groups is 1. The first-order valence-corrected chi connectivity index (χ1v) is 12.6. The van der Waals surface area contributed by atoms with Crippen LogP contribution in [0.25, 0.3) is 11.2 Å². The first-order valence-electron chi connectivity index (χ1n) is 9.33. The lowest BCUT2D eigenvalue weighted by Gasteiger charge is -2.21. The smallest absolute Gasteiger partial charge is 0.438 e. The summed E-state index contributed by atoms with van der Waals surface area (Å²) < 4.78 is 43.8. The molecule has 0 aliphatic rings. The SMILES string of the molecule is COP(=O)(COC(C)Cn1cnc2c(N)ncnc21)OCOC(=O)C(C)(C)C.O=P(O)(O)O. The van der Waals surface area contributed by atoms with E-state index < -0.39 is 33.6 Å². The molecule has 0 aliphatic carbocycles. The number of ether oxygens (including phenoxy) is 2. The molecule has 33 heavy (non-hydrogen) atoms. The Morgan fingerprint density at radius 3 is 2.36 bits per heavy atom. The van der Waals surface area contributed by atoms with E-state index in [9.17, 15) is 9.36 Å². The minimum atomic E-state index is -4.64. The first kappa shape index (κ1) is 29.1. The highest BCUT2D eigenvalue weighted by atomic mass is 31.2. The second kappa shape index (κ2) is 12.0. The fourth-order valence-corrected chi connectivity index (χ4v) is 3.04. The maximum absolute atomic E-state index is 12.6. The summed E-state index contributed by atoms with van der Waals surface area (Å²) >= 11 is 0. The third-order valence-electron chi connectivity index (χ3n) is 3.73. The predicted molar refractivity (Wildman–Crippen MR) is 116 cm³/mol. The number of anilines is 1. The Balaban J connectivity index is 0.000000981. The Bertz CT molecular complexity index is 1010. The van der Waals surface area contributed by atoms with Gasteiger partial charge >= 0.3 is 21.4 Å². The van der Waals surface area contributed by atoms with Crippen LogP contribution in [-0.4, -0.2) is 66.5 Å². The molecule has 17 heteroatoms. The van der Waals surface area contributed by atoms with Gasteiger partial charge in [-0.1, -0.05) is 0 Å². The molecule has 15 nitrogen and oxygen atoms in total. The molecule has 2 aromatic rings. The lowest BCUT2D eigenvalue weighted by Crippen LogP contribution is -2.24. The minimum Gasteiger partial charge on any atom is -0.438 e. The highest BCUT2D eigenvalue weighted by Crippen LogP contribution is 2.47. The molecule has 2 heterocycles. The van der Waals surface area contributed by atoms with Gasteiger partial charge in [0.1, 0.15) is 18.2 Å². The summed E-state index contributed by atoms with van der Waals surface area (Å²) in [7, 11) is -6.98. The zero-order valence-electron chi connectivity index (χ0n) is 18.8. The highest BCUT2D eigenvalue weighted by Gasteiger charge is 2.28. The van der Waals surface area contributed by atoms with E-state index in [1.165, 1.54) is 13.4 Å². The summed E-state index contributed by atoms with van der Waals surface area (Å²) in [5.74, 6) is -0.183. The summed E-state index contributed by atoms with van der Waals surface area (Å²) in [6.45, 7) is 6.80. The molecule has 0 aliphatic heterocycles. The maximum atomic E-state index is 12.6.